The molecule has 2 amide bonds. The van der Waals surface area contributed by atoms with Gasteiger partial charge in [0.1, 0.15) is 5.75 Å². The molecule has 6 heteroatoms. The van der Waals surface area contributed by atoms with E-state index >= 15 is 0 Å². The Labute approximate surface area is 166 Å². The fourth-order valence-electron chi connectivity index (χ4n) is 4.03. The van der Waals surface area contributed by atoms with Crippen LogP contribution in [0.4, 0.5) is 0 Å². The number of amides is 2. The van der Waals surface area contributed by atoms with Crippen molar-refractivity contribution < 1.29 is 19.1 Å². The summed E-state index contributed by atoms with van der Waals surface area (Å²) < 4.78 is 5.38. The highest BCUT2D eigenvalue weighted by Crippen LogP contribution is 2.27. The van der Waals surface area contributed by atoms with Gasteiger partial charge < -0.3 is 14.5 Å². The Morgan fingerprint density at radius 1 is 0.929 bits per heavy atom. The van der Waals surface area contributed by atoms with Crippen molar-refractivity contribution in [1.29, 1.82) is 0 Å². The van der Waals surface area contributed by atoms with Gasteiger partial charge in [-0.15, -0.1) is 0 Å². The maximum absolute atomic E-state index is 12.5. The molecule has 1 heterocycles. The van der Waals surface area contributed by atoms with E-state index in [1.54, 1.807) is 29.2 Å². The molecule has 28 heavy (non-hydrogen) atoms. The molecule has 0 atom stereocenters. The monoisotopic (exact) mass is 386 g/mol. The summed E-state index contributed by atoms with van der Waals surface area (Å²) >= 11 is 0. The lowest BCUT2D eigenvalue weighted by Gasteiger charge is -2.36. The van der Waals surface area contributed by atoms with E-state index in [0.717, 1.165) is 31.4 Å². The summed E-state index contributed by atoms with van der Waals surface area (Å²) in [5, 5.41) is 0. The Hall–Kier alpha value is -2.37. The SMILES string of the molecule is CCOc1ccc(C(=O)CCC(=O)N2CCN(C(=O)C3CCCC3)CC2)cc1. The number of ketones is 1. The van der Waals surface area contributed by atoms with Crippen molar-refractivity contribution in [2.24, 2.45) is 5.92 Å². The number of hydrogen-bond acceptors (Lipinski definition) is 4. The summed E-state index contributed by atoms with van der Waals surface area (Å²) in [6.45, 7) is 4.83. The lowest BCUT2D eigenvalue weighted by molar-refractivity contribution is -0.142. The van der Waals surface area contributed by atoms with Crippen molar-refractivity contribution in [1.82, 2.24) is 9.80 Å². The third-order valence-corrected chi connectivity index (χ3v) is 5.70. The molecule has 1 aliphatic heterocycles. The number of Topliss-reactive ketones (excluding diaryl/α,β-unsaturated/α-hetero) is 1. The average molecular weight is 386 g/mol. The van der Waals surface area contributed by atoms with Crippen molar-refractivity contribution in [3.05, 3.63) is 29.8 Å². The lowest BCUT2D eigenvalue weighted by atomic mass is 10.1. The van der Waals surface area contributed by atoms with Crippen LogP contribution in [0.25, 0.3) is 0 Å². The quantitative estimate of drug-likeness (QED) is 0.676. The van der Waals surface area contributed by atoms with Crippen LogP contribution in [-0.2, 0) is 9.59 Å². The second kappa shape index (κ2) is 9.71. The van der Waals surface area contributed by atoms with Crippen molar-refractivity contribution in [3.63, 3.8) is 0 Å². The largest absolute Gasteiger partial charge is 0.494 e. The molecule has 3 rings (SSSR count). The van der Waals surface area contributed by atoms with E-state index in [9.17, 15) is 14.4 Å². The summed E-state index contributed by atoms with van der Waals surface area (Å²) in [7, 11) is 0. The molecule has 1 saturated heterocycles. The Kier molecular flexibility index (Phi) is 7.06. The first-order valence-electron chi connectivity index (χ1n) is 10.4. The topological polar surface area (TPSA) is 66.9 Å². The minimum Gasteiger partial charge on any atom is -0.494 e. The number of piperazine rings is 1. The predicted octanol–water partition coefficient (Wildman–Crippen LogP) is 2.91. The van der Waals surface area contributed by atoms with Crippen LogP contribution < -0.4 is 4.74 Å². The highest BCUT2D eigenvalue weighted by atomic mass is 16.5. The molecule has 2 aliphatic rings. The standard InChI is InChI=1S/C22H30N2O4/c1-2-28-19-9-7-17(8-10-19)20(25)11-12-21(26)23-13-15-24(16-14-23)22(27)18-5-3-4-6-18/h7-10,18H,2-6,11-16H2,1H3. The van der Waals surface area contributed by atoms with Crippen LogP contribution in [-0.4, -0.2) is 60.2 Å². The van der Waals surface area contributed by atoms with Gasteiger partial charge in [-0.3, -0.25) is 14.4 Å². The molecule has 0 unspecified atom stereocenters. The van der Waals surface area contributed by atoms with Gasteiger partial charge in [0.25, 0.3) is 0 Å². The van der Waals surface area contributed by atoms with E-state index in [2.05, 4.69) is 0 Å². The molecule has 152 valence electrons. The molecular formula is C22H30N2O4. The molecule has 0 N–H and O–H groups in total. The zero-order chi connectivity index (χ0) is 19.9. The van der Waals surface area contributed by atoms with E-state index in [-0.39, 0.29) is 36.4 Å². The van der Waals surface area contributed by atoms with E-state index in [0.29, 0.717) is 38.3 Å². The predicted molar refractivity (Wildman–Crippen MR) is 106 cm³/mol. The van der Waals surface area contributed by atoms with Crippen LogP contribution in [0.5, 0.6) is 5.75 Å². The average Bonchev–Trinajstić information content (AvgIpc) is 3.27. The molecule has 2 fully saturated rings. The molecule has 0 spiro atoms. The Morgan fingerprint density at radius 3 is 2.14 bits per heavy atom. The second-order valence-electron chi connectivity index (χ2n) is 7.57. The van der Waals surface area contributed by atoms with Gasteiger partial charge in [-0.05, 0) is 44.0 Å². The number of rotatable bonds is 7. The summed E-state index contributed by atoms with van der Waals surface area (Å²) in [5.74, 6) is 1.14. The minimum absolute atomic E-state index is 0.00717. The Balaban J connectivity index is 1.41. The first-order chi connectivity index (χ1) is 13.6. The molecule has 1 aliphatic carbocycles. The van der Waals surface area contributed by atoms with E-state index < -0.39 is 0 Å². The lowest BCUT2D eigenvalue weighted by Crippen LogP contribution is -2.51. The van der Waals surface area contributed by atoms with Crippen LogP contribution in [0, 0.1) is 5.92 Å². The Bertz CT molecular complexity index is 687. The van der Waals surface area contributed by atoms with Crippen molar-refractivity contribution in [2.75, 3.05) is 32.8 Å². The number of ether oxygens (including phenoxy) is 1. The zero-order valence-corrected chi connectivity index (χ0v) is 16.7. The zero-order valence-electron chi connectivity index (χ0n) is 16.7. The second-order valence-corrected chi connectivity index (χ2v) is 7.57. The van der Waals surface area contributed by atoms with Crippen molar-refractivity contribution in [3.8, 4) is 5.75 Å². The molecule has 1 aromatic rings. The van der Waals surface area contributed by atoms with Gasteiger partial charge in [-0.1, -0.05) is 12.8 Å². The van der Waals surface area contributed by atoms with E-state index in [1.165, 1.54) is 0 Å². The molecule has 1 aromatic carbocycles. The molecule has 0 bridgehead atoms. The van der Waals surface area contributed by atoms with Gasteiger partial charge in [0.05, 0.1) is 6.61 Å². The van der Waals surface area contributed by atoms with E-state index in [4.69, 9.17) is 4.74 Å². The van der Waals surface area contributed by atoms with E-state index in [1.807, 2.05) is 11.8 Å². The number of nitrogens with zero attached hydrogens (tertiary/aromatic N) is 2. The molecule has 0 aromatic heterocycles. The van der Waals surface area contributed by atoms with Crippen LogP contribution >= 0.6 is 0 Å². The van der Waals surface area contributed by atoms with Gasteiger partial charge in [-0.2, -0.15) is 0 Å². The third-order valence-electron chi connectivity index (χ3n) is 5.70. The minimum atomic E-state index is -0.0357. The number of carbonyl (C=O) groups excluding carboxylic acids is 3. The fourth-order valence-corrected chi connectivity index (χ4v) is 4.03. The summed E-state index contributed by atoms with van der Waals surface area (Å²) in [4.78, 5) is 41.0. The van der Waals surface area contributed by atoms with Crippen molar-refractivity contribution >= 4 is 17.6 Å². The van der Waals surface area contributed by atoms with Crippen LogP contribution in [0.15, 0.2) is 24.3 Å². The third kappa shape index (κ3) is 5.12. The van der Waals surface area contributed by atoms with Gasteiger partial charge in [-0.25, -0.2) is 0 Å². The summed E-state index contributed by atoms with van der Waals surface area (Å²) in [5.41, 5.74) is 0.600. The smallest absolute Gasteiger partial charge is 0.225 e. The number of hydrogen-bond donors (Lipinski definition) is 0. The van der Waals surface area contributed by atoms with Crippen LogP contribution in [0.1, 0.15) is 55.8 Å². The molecule has 1 saturated carbocycles. The number of carbonyl (C=O) groups is 3. The first-order valence-corrected chi connectivity index (χ1v) is 10.4. The number of benzene rings is 1. The Morgan fingerprint density at radius 2 is 1.54 bits per heavy atom. The summed E-state index contributed by atoms with van der Waals surface area (Å²) in [6.07, 6.45) is 4.72. The fraction of sp³-hybridized carbons (Fsp3) is 0.591. The maximum Gasteiger partial charge on any atom is 0.225 e. The van der Waals surface area contributed by atoms with Crippen LogP contribution in [0.3, 0.4) is 0 Å². The molecular weight excluding hydrogens is 356 g/mol. The summed E-state index contributed by atoms with van der Waals surface area (Å²) in [6, 6.07) is 7.04. The normalized spacial score (nSPS) is 17.6. The highest BCUT2D eigenvalue weighted by molar-refractivity contribution is 5.98. The first kappa shape index (κ1) is 20.4. The molecule has 0 radical (unpaired) electrons. The van der Waals surface area contributed by atoms with Crippen LogP contribution in [0.2, 0.25) is 0 Å². The van der Waals surface area contributed by atoms with Gasteiger partial charge >= 0.3 is 0 Å². The maximum atomic E-state index is 12.5. The molecule has 6 nitrogen and oxygen atoms in total. The van der Waals surface area contributed by atoms with Gasteiger partial charge in [0.2, 0.25) is 11.8 Å². The van der Waals surface area contributed by atoms with Crippen molar-refractivity contribution in [2.45, 2.75) is 45.4 Å². The van der Waals surface area contributed by atoms with Gasteiger partial charge in [0.15, 0.2) is 5.78 Å². The highest BCUT2D eigenvalue weighted by Gasteiger charge is 2.30. The van der Waals surface area contributed by atoms with Gasteiger partial charge in [0, 0.05) is 50.5 Å².